The number of hydrogen-bond donors (Lipinski definition) is 0. The van der Waals surface area contributed by atoms with Gasteiger partial charge in [0.15, 0.2) is 0 Å². The highest BCUT2D eigenvalue weighted by Crippen LogP contribution is 2.24. The minimum absolute atomic E-state index is 0.615. The summed E-state index contributed by atoms with van der Waals surface area (Å²) < 4.78 is 12.8. The summed E-state index contributed by atoms with van der Waals surface area (Å²) in [4.78, 5) is 4.78. The number of rotatable bonds is 7. The summed E-state index contributed by atoms with van der Waals surface area (Å²) >= 11 is 0. The van der Waals surface area contributed by atoms with Gasteiger partial charge in [0.25, 0.3) is 0 Å². The average Bonchev–Trinajstić information content (AvgIpc) is 2.94. The van der Waals surface area contributed by atoms with Gasteiger partial charge in [-0.1, -0.05) is 42.5 Å². The zero-order valence-corrected chi connectivity index (χ0v) is 12.7. The molecule has 0 aliphatic rings. The van der Waals surface area contributed by atoms with Gasteiger partial charge in [0.1, 0.15) is 5.82 Å². The van der Waals surface area contributed by atoms with Crippen molar-refractivity contribution in [3.05, 3.63) is 54.6 Å². The van der Waals surface area contributed by atoms with Gasteiger partial charge in [-0.05, 0) is 12.1 Å². The summed E-state index contributed by atoms with van der Waals surface area (Å²) in [6.07, 6.45) is 0. The molecule has 1 aromatic heterocycles. The van der Waals surface area contributed by atoms with Gasteiger partial charge in [0.2, 0.25) is 0 Å². The van der Waals surface area contributed by atoms with Crippen LogP contribution in [-0.4, -0.2) is 36.5 Å². The van der Waals surface area contributed by atoms with E-state index in [-0.39, 0.29) is 0 Å². The van der Waals surface area contributed by atoms with Crippen molar-refractivity contribution < 1.29 is 9.47 Å². The molecule has 0 radical (unpaired) electrons. The highest BCUT2D eigenvalue weighted by Gasteiger charge is 2.11. The van der Waals surface area contributed by atoms with Crippen LogP contribution in [-0.2, 0) is 16.0 Å². The van der Waals surface area contributed by atoms with Crippen LogP contribution in [0.4, 0.5) is 0 Å². The van der Waals surface area contributed by atoms with Gasteiger partial charge in [-0.25, -0.2) is 4.98 Å². The Morgan fingerprint density at radius 3 is 2.50 bits per heavy atom. The summed E-state index contributed by atoms with van der Waals surface area (Å²) in [7, 11) is 1.68. The molecule has 114 valence electrons. The lowest BCUT2D eigenvalue weighted by atomic mass is 10.2. The Morgan fingerprint density at radius 1 is 0.909 bits per heavy atom. The maximum atomic E-state index is 5.61. The quantitative estimate of drug-likeness (QED) is 0.627. The molecular weight excluding hydrogens is 276 g/mol. The van der Waals surface area contributed by atoms with Gasteiger partial charge in [-0.15, -0.1) is 0 Å². The SMILES string of the molecule is COCCOCCn1c(-c2ccccc2)nc2ccccc21. The van der Waals surface area contributed by atoms with E-state index in [1.165, 1.54) is 0 Å². The van der Waals surface area contributed by atoms with Crippen molar-refractivity contribution in [3.63, 3.8) is 0 Å². The molecule has 3 rings (SSSR count). The van der Waals surface area contributed by atoms with Crippen molar-refractivity contribution in [1.82, 2.24) is 9.55 Å². The molecule has 4 nitrogen and oxygen atoms in total. The Morgan fingerprint density at radius 2 is 1.68 bits per heavy atom. The van der Waals surface area contributed by atoms with Crippen molar-refractivity contribution >= 4 is 11.0 Å². The minimum atomic E-state index is 0.615. The zero-order chi connectivity index (χ0) is 15.2. The molecule has 0 aliphatic heterocycles. The van der Waals surface area contributed by atoms with E-state index in [2.05, 4.69) is 22.8 Å². The number of imidazole rings is 1. The lowest BCUT2D eigenvalue weighted by Crippen LogP contribution is -2.10. The van der Waals surface area contributed by atoms with E-state index in [9.17, 15) is 0 Å². The van der Waals surface area contributed by atoms with Crippen LogP contribution in [0.15, 0.2) is 54.6 Å². The van der Waals surface area contributed by atoms with Crippen molar-refractivity contribution in [2.45, 2.75) is 6.54 Å². The third kappa shape index (κ3) is 3.18. The summed E-state index contributed by atoms with van der Waals surface area (Å²) in [5.41, 5.74) is 3.27. The highest BCUT2D eigenvalue weighted by molar-refractivity contribution is 5.80. The molecule has 0 unspecified atom stereocenters. The fourth-order valence-electron chi connectivity index (χ4n) is 2.51. The molecule has 2 aromatic carbocycles. The van der Waals surface area contributed by atoms with Crippen molar-refractivity contribution in [3.8, 4) is 11.4 Å². The Labute approximate surface area is 130 Å². The molecular formula is C18H20N2O2. The van der Waals surface area contributed by atoms with E-state index in [1.54, 1.807) is 7.11 Å². The Bertz CT molecular complexity index is 722. The second kappa shape index (κ2) is 7.20. The van der Waals surface area contributed by atoms with Crippen LogP contribution >= 0.6 is 0 Å². The average molecular weight is 296 g/mol. The van der Waals surface area contributed by atoms with Crippen LogP contribution in [0.25, 0.3) is 22.4 Å². The standard InChI is InChI=1S/C18H20N2O2/c1-21-13-14-22-12-11-20-17-10-6-5-9-16(17)19-18(20)15-7-3-2-4-8-15/h2-10H,11-14H2,1H3. The third-order valence-corrected chi connectivity index (χ3v) is 3.58. The lowest BCUT2D eigenvalue weighted by molar-refractivity contribution is 0.0671. The third-order valence-electron chi connectivity index (χ3n) is 3.58. The molecule has 22 heavy (non-hydrogen) atoms. The van der Waals surface area contributed by atoms with Gasteiger partial charge >= 0.3 is 0 Å². The van der Waals surface area contributed by atoms with E-state index in [0.29, 0.717) is 19.8 Å². The number of benzene rings is 2. The van der Waals surface area contributed by atoms with E-state index in [1.807, 2.05) is 36.4 Å². The summed E-state index contributed by atoms with van der Waals surface area (Å²) in [5, 5.41) is 0. The van der Waals surface area contributed by atoms with E-state index < -0.39 is 0 Å². The number of hydrogen-bond acceptors (Lipinski definition) is 3. The highest BCUT2D eigenvalue weighted by atomic mass is 16.5. The summed E-state index contributed by atoms with van der Waals surface area (Å²) in [5.74, 6) is 0.983. The molecule has 0 N–H and O–H groups in total. The summed E-state index contributed by atoms with van der Waals surface area (Å²) in [6.45, 7) is 2.65. The van der Waals surface area contributed by atoms with Gasteiger partial charge < -0.3 is 14.0 Å². The van der Waals surface area contributed by atoms with Crippen LogP contribution < -0.4 is 0 Å². The van der Waals surface area contributed by atoms with E-state index in [0.717, 1.165) is 29.0 Å². The summed E-state index contributed by atoms with van der Waals surface area (Å²) in [6, 6.07) is 18.5. The van der Waals surface area contributed by atoms with Crippen LogP contribution in [0.3, 0.4) is 0 Å². The molecule has 0 saturated carbocycles. The van der Waals surface area contributed by atoms with Crippen molar-refractivity contribution in [2.24, 2.45) is 0 Å². The second-order valence-corrected chi connectivity index (χ2v) is 5.05. The number of fused-ring (bicyclic) bond motifs is 1. The smallest absolute Gasteiger partial charge is 0.141 e. The van der Waals surface area contributed by atoms with Crippen LogP contribution in [0, 0.1) is 0 Å². The zero-order valence-electron chi connectivity index (χ0n) is 12.7. The molecule has 0 spiro atoms. The van der Waals surface area contributed by atoms with Gasteiger partial charge in [-0.2, -0.15) is 0 Å². The molecule has 0 bridgehead atoms. The first-order valence-corrected chi connectivity index (χ1v) is 7.47. The maximum absolute atomic E-state index is 5.61. The molecule has 3 aromatic rings. The van der Waals surface area contributed by atoms with Gasteiger partial charge in [0, 0.05) is 19.2 Å². The van der Waals surface area contributed by atoms with E-state index in [4.69, 9.17) is 14.5 Å². The molecule has 0 aliphatic carbocycles. The van der Waals surface area contributed by atoms with E-state index >= 15 is 0 Å². The Kier molecular flexibility index (Phi) is 4.83. The predicted molar refractivity (Wildman–Crippen MR) is 87.9 cm³/mol. The molecule has 0 fully saturated rings. The number of aromatic nitrogens is 2. The first-order valence-electron chi connectivity index (χ1n) is 7.47. The molecule has 0 amide bonds. The Balaban J connectivity index is 1.88. The maximum Gasteiger partial charge on any atom is 0.141 e. The van der Waals surface area contributed by atoms with Crippen LogP contribution in [0.1, 0.15) is 0 Å². The monoisotopic (exact) mass is 296 g/mol. The van der Waals surface area contributed by atoms with Gasteiger partial charge in [0.05, 0.1) is 30.9 Å². The van der Waals surface area contributed by atoms with Gasteiger partial charge in [-0.3, -0.25) is 0 Å². The number of methoxy groups -OCH3 is 1. The number of ether oxygens (including phenoxy) is 2. The molecule has 4 heteroatoms. The number of para-hydroxylation sites is 2. The first-order chi connectivity index (χ1) is 10.9. The van der Waals surface area contributed by atoms with Crippen LogP contribution in [0.5, 0.6) is 0 Å². The largest absolute Gasteiger partial charge is 0.382 e. The normalized spacial score (nSPS) is 11.1. The second-order valence-electron chi connectivity index (χ2n) is 5.05. The fraction of sp³-hybridized carbons (Fsp3) is 0.278. The Hall–Kier alpha value is -2.17. The van der Waals surface area contributed by atoms with Crippen LogP contribution in [0.2, 0.25) is 0 Å². The van der Waals surface area contributed by atoms with Crippen molar-refractivity contribution in [1.29, 1.82) is 0 Å². The fourth-order valence-corrected chi connectivity index (χ4v) is 2.51. The molecule has 1 heterocycles. The van der Waals surface area contributed by atoms with Crippen molar-refractivity contribution in [2.75, 3.05) is 26.9 Å². The molecule has 0 saturated heterocycles. The first kappa shape index (κ1) is 14.8. The lowest BCUT2D eigenvalue weighted by Gasteiger charge is -2.10. The topological polar surface area (TPSA) is 36.3 Å². The molecule has 0 atom stereocenters. The number of nitrogens with zero attached hydrogens (tertiary/aromatic N) is 2. The predicted octanol–water partition coefficient (Wildman–Crippen LogP) is 3.37. The minimum Gasteiger partial charge on any atom is -0.382 e.